The van der Waals surface area contributed by atoms with Gasteiger partial charge in [-0.25, -0.2) is 0 Å². The van der Waals surface area contributed by atoms with Gasteiger partial charge in [-0.1, -0.05) is 13.8 Å². The molecule has 1 fully saturated rings. The summed E-state index contributed by atoms with van der Waals surface area (Å²) < 4.78 is 10.8. The minimum atomic E-state index is -0.930. The summed E-state index contributed by atoms with van der Waals surface area (Å²) in [6.45, 7) is 4.78. The molecule has 1 aliphatic rings. The van der Waals surface area contributed by atoms with Crippen LogP contribution in [-0.2, 0) is 16.0 Å². The molecule has 1 aromatic rings. The SMILES string of the molecule is CCCN(C(=O)c1ccc(CC)o1)C1COCC1C(=O)O. The van der Waals surface area contributed by atoms with Crippen molar-refractivity contribution in [1.29, 1.82) is 0 Å². The lowest BCUT2D eigenvalue weighted by Gasteiger charge is -2.29. The van der Waals surface area contributed by atoms with Gasteiger partial charge in [0.1, 0.15) is 11.7 Å². The van der Waals surface area contributed by atoms with Crippen LogP contribution in [0.4, 0.5) is 0 Å². The van der Waals surface area contributed by atoms with Crippen molar-refractivity contribution in [3.05, 3.63) is 23.7 Å². The highest BCUT2D eigenvalue weighted by Gasteiger charge is 2.40. The Labute approximate surface area is 123 Å². The molecule has 1 saturated heterocycles. The lowest BCUT2D eigenvalue weighted by molar-refractivity contribution is -0.142. The summed E-state index contributed by atoms with van der Waals surface area (Å²) in [6, 6.07) is 2.98. The zero-order chi connectivity index (χ0) is 15.4. The van der Waals surface area contributed by atoms with Gasteiger partial charge in [0.25, 0.3) is 5.91 Å². The molecule has 2 atom stereocenters. The monoisotopic (exact) mass is 295 g/mol. The van der Waals surface area contributed by atoms with Gasteiger partial charge < -0.3 is 19.2 Å². The molecule has 21 heavy (non-hydrogen) atoms. The van der Waals surface area contributed by atoms with Crippen molar-refractivity contribution in [1.82, 2.24) is 4.90 Å². The van der Waals surface area contributed by atoms with Gasteiger partial charge in [-0.3, -0.25) is 9.59 Å². The quantitative estimate of drug-likeness (QED) is 0.865. The standard InChI is InChI=1S/C15H21NO5/c1-3-7-16(12-9-20-8-11(12)15(18)19)14(17)13-6-5-10(4-2)21-13/h5-6,11-12H,3-4,7-9H2,1-2H3,(H,18,19). The van der Waals surface area contributed by atoms with Crippen molar-refractivity contribution in [3.63, 3.8) is 0 Å². The maximum Gasteiger partial charge on any atom is 0.311 e. The minimum Gasteiger partial charge on any atom is -0.481 e. The molecule has 1 amide bonds. The van der Waals surface area contributed by atoms with Gasteiger partial charge in [0.15, 0.2) is 5.76 Å². The molecule has 0 saturated carbocycles. The molecule has 6 heteroatoms. The van der Waals surface area contributed by atoms with Gasteiger partial charge in [-0.15, -0.1) is 0 Å². The number of amides is 1. The first-order valence-corrected chi connectivity index (χ1v) is 7.28. The van der Waals surface area contributed by atoms with Crippen LogP contribution in [0.25, 0.3) is 0 Å². The third kappa shape index (κ3) is 3.26. The van der Waals surface area contributed by atoms with Crippen LogP contribution >= 0.6 is 0 Å². The van der Waals surface area contributed by atoms with Crippen LogP contribution in [0.2, 0.25) is 0 Å². The number of nitrogens with zero attached hydrogens (tertiary/aromatic N) is 1. The molecule has 0 aliphatic carbocycles. The highest BCUT2D eigenvalue weighted by molar-refractivity contribution is 5.92. The summed E-state index contributed by atoms with van der Waals surface area (Å²) >= 11 is 0. The molecule has 2 unspecified atom stereocenters. The van der Waals surface area contributed by atoms with Crippen LogP contribution in [0.5, 0.6) is 0 Å². The van der Waals surface area contributed by atoms with E-state index in [2.05, 4.69) is 0 Å². The number of aliphatic carboxylic acids is 1. The maximum atomic E-state index is 12.6. The number of hydrogen-bond donors (Lipinski definition) is 1. The zero-order valence-electron chi connectivity index (χ0n) is 12.4. The normalized spacial score (nSPS) is 21.4. The number of carbonyl (C=O) groups is 2. The second kappa shape index (κ2) is 6.76. The number of rotatable bonds is 6. The van der Waals surface area contributed by atoms with E-state index in [1.54, 1.807) is 17.0 Å². The van der Waals surface area contributed by atoms with E-state index >= 15 is 0 Å². The molecule has 2 heterocycles. The number of hydrogen-bond acceptors (Lipinski definition) is 4. The Kier molecular flexibility index (Phi) is 5.01. The van der Waals surface area contributed by atoms with Crippen molar-refractivity contribution in [2.45, 2.75) is 32.7 Å². The highest BCUT2D eigenvalue weighted by atomic mass is 16.5. The Morgan fingerprint density at radius 2 is 2.10 bits per heavy atom. The molecule has 0 radical (unpaired) electrons. The van der Waals surface area contributed by atoms with E-state index in [9.17, 15) is 14.7 Å². The van der Waals surface area contributed by atoms with Crippen molar-refractivity contribution in [2.75, 3.05) is 19.8 Å². The molecule has 0 spiro atoms. The summed E-state index contributed by atoms with van der Waals surface area (Å²) in [6.07, 6.45) is 1.46. The van der Waals surface area contributed by atoms with Crippen molar-refractivity contribution >= 4 is 11.9 Å². The summed E-state index contributed by atoms with van der Waals surface area (Å²) in [5, 5.41) is 9.25. The number of carbonyl (C=O) groups excluding carboxylic acids is 1. The fraction of sp³-hybridized carbons (Fsp3) is 0.600. The predicted octanol–water partition coefficient (Wildman–Crippen LogP) is 1.79. The van der Waals surface area contributed by atoms with Crippen molar-refractivity contribution < 1.29 is 23.8 Å². The first-order valence-electron chi connectivity index (χ1n) is 7.28. The molecule has 0 bridgehead atoms. The molecular weight excluding hydrogens is 274 g/mol. The summed E-state index contributed by atoms with van der Waals surface area (Å²) in [5.74, 6) is -0.872. The summed E-state index contributed by atoms with van der Waals surface area (Å²) in [5.41, 5.74) is 0. The molecule has 1 N–H and O–H groups in total. The largest absolute Gasteiger partial charge is 0.481 e. The topological polar surface area (TPSA) is 80.0 Å². The van der Waals surface area contributed by atoms with Crippen LogP contribution in [0.3, 0.4) is 0 Å². The van der Waals surface area contributed by atoms with E-state index in [4.69, 9.17) is 9.15 Å². The van der Waals surface area contributed by atoms with E-state index in [1.807, 2.05) is 13.8 Å². The van der Waals surface area contributed by atoms with E-state index in [-0.39, 0.29) is 24.9 Å². The Morgan fingerprint density at radius 1 is 1.33 bits per heavy atom. The molecule has 0 aromatic carbocycles. The Bertz CT molecular complexity index is 510. The lowest BCUT2D eigenvalue weighted by atomic mass is 10.0. The molecule has 116 valence electrons. The van der Waals surface area contributed by atoms with Gasteiger partial charge in [0, 0.05) is 13.0 Å². The molecule has 6 nitrogen and oxygen atoms in total. The molecule has 2 rings (SSSR count). The molecule has 1 aromatic heterocycles. The fourth-order valence-corrected chi connectivity index (χ4v) is 2.57. The first-order chi connectivity index (χ1) is 10.1. The van der Waals surface area contributed by atoms with Gasteiger partial charge in [0.2, 0.25) is 0 Å². The third-order valence-electron chi connectivity index (χ3n) is 3.71. The summed E-state index contributed by atoms with van der Waals surface area (Å²) in [7, 11) is 0. The van der Waals surface area contributed by atoms with E-state index in [1.165, 1.54) is 0 Å². The Morgan fingerprint density at radius 3 is 2.67 bits per heavy atom. The van der Waals surface area contributed by atoms with Gasteiger partial charge in [-0.2, -0.15) is 0 Å². The highest BCUT2D eigenvalue weighted by Crippen LogP contribution is 2.23. The van der Waals surface area contributed by atoms with Gasteiger partial charge in [-0.05, 0) is 18.6 Å². The smallest absolute Gasteiger partial charge is 0.311 e. The number of aryl methyl sites for hydroxylation is 1. The second-order valence-corrected chi connectivity index (χ2v) is 5.17. The van der Waals surface area contributed by atoms with Crippen LogP contribution < -0.4 is 0 Å². The average molecular weight is 295 g/mol. The Hall–Kier alpha value is -1.82. The number of ether oxygens (including phenoxy) is 1. The van der Waals surface area contributed by atoms with Crippen LogP contribution in [0.1, 0.15) is 36.6 Å². The van der Waals surface area contributed by atoms with E-state index in [0.717, 1.165) is 12.2 Å². The van der Waals surface area contributed by atoms with Gasteiger partial charge >= 0.3 is 5.97 Å². The fourth-order valence-electron chi connectivity index (χ4n) is 2.57. The number of carboxylic acid groups (broad SMARTS) is 1. The predicted molar refractivity (Wildman–Crippen MR) is 75.1 cm³/mol. The van der Waals surface area contributed by atoms with Crippen molar-refractivity contribution in [2.24, 2.45) is 5.92 Å². The van der Waals surface area contributed by atoms with E-state index in [0.29, 0.717) is 13.0 Å². The second-order valence-electron chi connectivity index (χ2n) is 5.17. The number of carboxylic acids is 1. The zero-order valence-corrected chi connectivity index (χ0v) is 12.4. The third-order valence-corrected chi connectivity index (χ3v) is 3.71. The Balaban J connectivity index is 2.21. The number of furan rings is 1. The maximum absolute atomic E-state index is 12.6. The minimum absolute atomic E-state index is 0.145. The van der Waals surface area contributed by atoms with Crippen LogP contribution in [0, 0.1) is 5.92 Å². The molecule has 1 aliphatic heterocycles. The molecular formula is C15H21NO5. The van der Waals surface area contributed by atoms with E-state index < -0.39 is 17.9 Å². The van der Waals surface area contributed by atoms with Crippen molar-refractivity contribution in [3.8, 4) is 0 Å². The van der Waals surface area contributed by atoms with Gasteiger partial charge in [0.05, 0.1) is 19.3 Å². The average Bonchev–Trinajstić information content (AvgIpc) is 3.12. The van der Waals surface area contributed by atoms with Crippen LogP contribution in [0.15, 0.2) is 16.5 Å². The first kappa shape index (κ1) is 15.6. The summed E-state index contributed by atoms with van der Waals surface area (Å²) in [4.78, 5) is 25.5. The lowest BCUT2D eigenvalue weighted by Crippen LogP contribution is -2.46. The van der Waals surface area contributed by atoms with Crippen LogP contribution in [-0.4, -0.2) is 47.7 Å².